The van der Waals surface area contributed by atoms with Crippen LogP contribution in [0.2, 0.25) is 0 Å². The molecule has 5 nitrogen and oxygen atoms in total. The van der Waals surface area contributed by atoms with E-state index in [1.807, 2.05) is 0 Å². The van der Waals surface area contributed by atoms with Gasteiger partial charge in [0.2, 0.25) is 0 Å². The molecule has 0 spiro atoms. The molecule has 1 aromatic rings. The molecule has 0 aromatic heterocycles. The van der Waals surface area contributed by atoms with Gasteiger partial charge in [0.1, 0.15) is 6.07 Å². The lowest BCUT2D eigenvalue weighted by molar-refractivity contribution is -0.385. The third-order valence-electron chi connectivity index (χ3n) is 1.78. The Morgan fingerprint density at radius 3 is 2.60 bits per heavy atom. The fourth-order valence-electron chi connectivity index (χ4n) is 1.09. The number of hydrogen-bond acceptors (Lipinski definition) is 4. The first-order chi connectivity index (χ1) is 6.97. The van der Waals surface area contributed by atoms with Gasteiger partial charge in [0.25, 0.3) is 5.69 Å². The van der Waals surface area contributed by atoms with Crippen LogP contribution in [0, 0.1) is 21.4 Å². The third-order valence-corrected chi connectivity index (χ3v) is 2.42. The predicted octanol–water partition coefficient (Wildman–Crippen LogP) is 2.43. The normalized spacial score (nSPS) is 9.40. The van der Waals surface area contributed by atoms with Gasteiger partial charge in [0, 0.05) is 11.6 Å². The molecule has 0 radical (unpaired) electrons. The molecule has 1 rings (SSSR count). The minimum absolute atomic E-state index is 0.0115. The summed E-state index contributed by atoms with van der Waals surface area (Å²) in [5, 5.41) is 19.3. The van der Waals surface area contributed by atoms with Gasteiger partial charge in [0.15, 0.2) is 5.78 Å². The standard InChI is InChI=1S/C9H5BrN2O3/c1-5(13)7-3-8(10)9(12(14)15)2-6(7)4-11/h2-3H,1H3. The number of carbonyl (C=O) groups excluding carboxylic acids is 1. The van der Waals surface area contributed by atoms with Crippen LogP contribution in [0.4, 0.5) is 5.69 Å². The van der Waals surface area contributed by atoms with Crippen molar-refractivity contribution < 1.29 is 9.72 Å². The highest BCUT2D eigenvalue weighted by Gasteiger charge is 2.18. The second-order valence-corrected chi connectivity index (χ2v) is 3.63. The molecule has 0 atom stereocenters. The molecule has 0 heterocycles. The number of benzene rings is 1. The summed E-state index contributed by atoms with van der Waals surface area (Å²) in [4.78, 5) is 21.1. The molecule has 0 N–H and O–H groups in total. The van der Waals surface area contributed by atoms with Crippen LogP contribution in [0.1, 0.15) is 22.8 Å². The first-order valence-electron chi connectivity index (χ1n) is 3.86. The summed E-state index contributed by atoms with van der Waals surface area (Å²) in [7, 11) is 0. The van der Waals surface area contributed by atoms with Crippen molar-refractivity contribution >= 4 is 27.4 Å². The Hall–Kier alpha value is -1.74. The van der Waals surface area contributed by atoms with Gasteiger partial charge < -0.3 is 0 Å². The van der Waals surface area contributed by atoms with Crippen molar-refractivity contribution in [1.29, 1.82) is 5.26 Å². The maximum absolute atomic E-state index is 11.1. The Balaban J connectivity index is 3.51. The van der Waals surface area contributed by atoms with Gasteiger partial charge in [-0.1, -0.05) is 0 Å². The minimum Gasteiger partial charge on any atom is -0.294 e. The molecule has 0 saturated carbocycles. The van der Waals surface area contributed by atoms with Crippen LogP contribution in [-0.4, -0.2) is 10.7 Å². The second-order valence-electron chi connectivity index (χ2n) is 2.77. The van der Waals surface area contributed by atoms with E-state index in [1.54, 1.807) is 6.07 Å². The van der Waals surface area contributed by atoms with Gasteiger partial charge in [-0.15, -0.1) is 0 Å². The van der Waals surface area contributed by atoms with Gasteiger partial charge in [-0.25, -0.2) is 0 Å². The molecular weight excluding hydrogens is 264 g/mol. The molecular formula is C9H5BrN2O3. The van der Waals surface area contributed by atoms with Crippen molar-refractivity contribution in [3.63, 3.8) is 0 Å². The van der Waals surface area contributed by atoms with E-state index in [9.17, 15) is 14.9 Å². The average molecular weight is 269 g/mol. The van der Waals surface area contributed by atoms with Gasteiger partial charge >= 0.3 is 0 Å². The van der Waals surface area contributed by atoms with E-state index < -0.39 is 4.92 Å². The topological polar surface area (TPSA) is 84.0 Å². The first kappa shape index (κ1) is 11.3. The third kappa shape index (κ3) is 2.19. The molecule has 0 aliphatic heterocycles. The molecule has 6 heteroatoms. The minimum atomic E-state index is -0.616. The fourth-order valence-corrected chi connectivity index (χ4v) is 1.57. The van der Waals surface area contributed by atoms with Gasteiger partial charge in [0.05, 0.1) is 15.0 Å². The number of rotatable bonds is 2. The van der Waals surface area contributed by atoms with Crippen LogP contribution >= 0.6 is 15.9 Å². The number of ketones is 1. The molecule has 0 bridgehead atoms. The number of Topliss-reactive ketones (excluding diaryl/α,β-unsaturated/α-hetero) is 1. The van der Waals surface area contributed by atoms with Crippen molar-refractivity contribution in [2.24, 2.45) is 0 Å². The van der Waals surface area contributed by atoms with E-state index in [0.717, 1.165) is 6.07 Å². The number of halogens is 1. The highest BCUT2D eigenvalue weighted by atomic mass is 79.9. The van der Waals surface area contributed by atoms with Gasteiger partial charge in [-0.05, 0) is 28.9 Å². The summed E-state index contributed by atoms with van der Waals surface area (Å²) >= 11 is 2.98. The number of nitrogens with zero attached hydrogens (tertiary/aromatic N) is 2. The predicted molar refractivity (Wildman–Crippen MR) is 55.5 cm³/mol. The second kappa shape index (κ2) is 4.19. The molecule has 0 amide bonds. The van der Waals surface area contributed by atoms with Crippen LogP contribution in [-0.2, 0) is 0 Å². The van der Waals surface area contributed by atoms with Crippen LogP contribution in [0.25, 0.3) is 0 Å². The molecule has 0 aliphatic rings. The molecule has 0 saturated heterocycles. The zero-order valence-corrected chi connectivity index (χ0v) is 9.24. The maximum atomic E-state index is 11.1. The van der Waals surface area contributed by atoms with E-state index >= 15 is 0 Å². The highest BCUT2D eigenvalue weighted by Crippen LogP contribution is 2.28. The van der Waals surface area contributed by atoms with E-state index in [-0.39, 0.29) is 27.1 Å². The molecule has 0 aliphatic carbocycles. The van der Waals surface area contributed by atoms with E-state index in [0.29, 0.717) is 0 Å². The number of hydrogen-bond donors (Lipinski definition) is 0. The molecule has 76 valence electrons. The summed E-state index contributed by atoms with van der Waals surface area (Å²) in [5.41, 5.74) is -0.0380. The quantitative estimate of drug-likeness (QED) is 0.469. The summed E-state index contributed by atoms with van der Waals surface area (Å²) < 4.78 is 0.191. The summed E-state index contributed by atoms with van der Waals surface area (Å²) in [6.45, 7) is 1.30. The smallest absolute Gasteiger partial charge is 0.284 e. The van der Waals surface area contributed by atoms with Crippen molar-refractivity contribution in [1.82, 2.24) is 0 Å². The number of nitro benzene ring substituents is 1. The monoisotopic (exact) mass is 268 g/mol. The SMILES string of the molecule is CC(=O)c1cc(Br)c([N+](=O)[O-])cc1C#N. The Morgan fingerprint density at radius 2 is 2.20 bits per heavy atom. The maximum Gasteiger partial charge on any atom is 0.284 e. The van der Waals surface area contributed by atoms with Crippen molar-refractivity contribution in [3.8, 4) is 6.07 Å². The molecule has 1 aromatic carbocycles. The van der Waals surface area contributed by atoms with E-state index in [4.69, 9.17) is 5.26 Å². The highest BCUT2D eigenvalue weighted by molar-refractivity contribution is 9.10. The largest absolute Gasteiger partial charge is 0.294 e. The Kier molecular flexibility index (Phi) is 3.17. The van der Waals surface area contributed by atoms with Crippen LogP contribution in [0.15, 0.2) is 16.6 Å². The lowest BCUT2D eigenvalue weighted by atomic mass is 10.0. The van der Waals surface area contributed by atoms with E-state index in [1.165, 1.54) is 13.0 Å². The van der Waals surface area contributed by atoms with Crippen LogP contribution in [0.5, 0.6) is 0 Å². The number of nitriles is 1. The van der Waals surface area contributed by atoms with Crippen LogP contribution < -0.4 is 0 Å². The zero-order chi connectivity index (χ0) is 11.6. The van der Waals surface area contributed by atoms with Crippen molar-refractivity contribution in [2.45, 2.75) is 6.92 Å². The number of carbonyl (C=O) groups is 1. The van der Waals surface area contributed by atoms with Gasteiger partial charge in [-0.3, -0.25) is 14.9 Å². The Bertz CT molecular complexity index is 491. The zero-order valence-electron chi connectivity index (χ0n) is 7.65. The lowest BCUT2D eigenvalue weighted by Crippen LogP contribution is -1.99. The van der Waals surface area contributed by atoms with Crippen molar-refractivity contribution in [3.05, 3.63) is 37.8 Å². The Labute approximate surface area is 93.6 Å². The average Bonchev–Trinajstić information content (AvgIpc) is 2.16. The van der Waals surface area contributed by atoms with Crippen LogP contribution in [0.3, 0.4) is 0 Å². The summed E-state index contributed by atoms with van der Waals surface area (Å²) in [6, 6.07) is 4.13. The van der Waals surface area contributed by atoms with E-state index in [2.05, 4.69) is 15.9 Å². The molecule has 0 unspecified atom stereocenters. The van der Waals surface area contributed by atoms with Crippen molar-refractivity contribution in [2.75, 3.05) is 0 Å². The molecule has 15 heavy (non-hydrogen) atoms. The lowest BCUT2D eigenvalue weighted by Gasteiger charge is -2.01. The number of nitro groups is 1. The first-order valence-corrected chi connectivity index (χ1v) is 4.65. The molecule has 0 fully saturated rings. The van der Waals surface area contributed by atoms with Gasteiger partial charge in [-0.2, -0.15) is 5.26 Å². The Morgan fingerprint density at radius 1 is 1.60 bits per heavy atom. The summed E-state index contributed by atoms with van der Waals surface area (Å²) in [6.07, 6.45) is 0. The summed E-state index contributed by atoms with van der Waals surface area (Å²) in [5.74, 6) is -0.304. The fraction of sp³-hybridized carbons (Fsp3) is 0.111.